The summed E-state index contributed by atoms with van der Waals surface area (Å²) in [5.41, 5.74) is 0.433. The average molecular weight is 285 g/mol. The Balaban J connectivity index is 2.71. The third kappa shape index (κ3) is 4.79. The van der Waals surface area contributed by atoms with Gasteiger partial charge in [0.1, 0.15) is 11.6 Å². The van der Waals surface area contributed by atoms with Crippen LogP contribution in [-0.2, 0) is 9.53 Å². The fourth-order valence-electron chi connectivity index (χ4n) is 1.62. The summed E-state index contributed by atoms with van der Waals surface area (Å²) in [6.07, 6.45) is -1.61. The molecule has 1 aromatic carbocycles. The molecule has 0 aliphatic carbocycles. The summed E-state index contributed by atoms with van der Waals surface area (Å²) in [4.78, 5) is 11.7. The summed E-state index contributed by atoms with van der Waals surface area (Å²) in [5.74, 6) is -0.659. The van der Waals surface area contributed by atoms with E-state index in [1.54, 1.807) is 13.8 Å². The summed E-state index contributed by atoms with van der Waals surface area (Å²) in [5, 5.41) is 12.2. The molecule has 1 amide bonds. The Hall–Kier alpha value is -1.66. The first-order valence-corrected chi connectivity index (χ1v) is 6.36. The number of aliphatic hydroxyl groups is 1. The van der Waals surface area contributed by atoms with Crippen LogP contribution in [0.1, 0.15) is 25.5 Å². The summed E-state index contributed by atoms with van der Waals surface area (Å²) in [6, 6.07) is 3.82. The van der Waals surface area contributed by atoms with Gasteiger partial charge in [-0.3, -0.25) is 4.79 Å². The number of rotatable bonds is 7. The Morgan fingerprint density at radius 3 is 2.75 bits per heavy atom. The van der Waals surface area contributed by atoms with E-state index in [1.807, 2.05) is 0 Å². The number of amides is 1. The van der Waals surface area contributed by atoms with Crippen molar-refractivity contribution in [3.63, 3.8) is 0 Å². The second-order valence-corrected chi connectivity index (χ2v) is 4.40. The smallest absolute Gasteiger partial charge is 0.260 e. The molecule has 20 heavy (non-hydrogen) atoms. The van der Waals surface area contributed by atoms with Crippen LogP contribution >= 0.6 is 0 Å². The topological polar surface area (TPSA) is 67.8 Å². The quantitative estimate of drug-likeness (QED) is 0.743. The summed E-state index contributed by atoms with van der Waals surface area (Å²) in [7, 11) is 1.54. The van der Waals surface area contributed by atoms with Gasteiger partial charge in [0.25, 0.3) is 5.91 Å². The first-order valence-electron chi connectivity index (χ1n) is 6.36. The van der Waals surface area contributed by atoms with Crippen LogP contribution in [-0.4, -0.2) is 37.4 Å². The summed E-state index contributed by atoms with van der Waals surface area (Å²) >= 11 is 0. The SMILES string of the molecule is COCCNC(=O)C(C)Oc1cc(F)ccc1[C@@H](C)O. The van der Waals surface area contributed by atoms with Gasteiger partial charge in [-0.1, -0.05) is 0 Å². The van der Waals surface area contributed by atoms with Gasteiger partial charge in [0.15, 0.2) is 6.10 Å². The van der Waals surface area contributed by atoms with Crippen molar-refractivity contribution in [1.29, 1.82) is 0 Å². The molecular weight excluding hydrogens is 265 g/mol. The maximum absolute atomic E-state index is 13.2. The molecule has 2 N–H and O–H groups in total. The van der Waals surface area contributed by atoms with Gasteiger partial charge >= 0.3 is 0 Å². The van der Waals surface area contributed by atoms with Gasteiger partial charge in [-0.25, -0.2) is 4.39 Å². The predicted molar refractivity (Wildman–Crippen MR) is 72.0 cm³/mol. The second-order valence-electron chi connectivity index (χ2n) is 4.40. The maximum atomic E-state index is 13.2. The molecule has 1 aromatic rings. The molecule has 112 valence electrons. The molecular formula is C14H20FNO4. The van der Waals surface area contributed by atoms with Gasteiger partial charge in [-0.05, 0) is 26.0 Å². The van der Waals surface area contributed by atoms with Crippen molar-refractivity contribution in [2.75, 3.05) is 20.3 Å². The zero-order chi connectivity index (χ0) is 15.1. The normalized spacial score (nSPS) is 13.7. The molecule has 0 aliphatic rings. The zero-order valence-electron chi connectivity index (χ0n) is 11.9. The number of aliphatic hydroxyl groups excluding tert-OH is 1. The average Bonchev–Trinajstić information content (AvgIpc) is 2.38. The van der Waals surface area contributed by atoms with Gasteiger partial charge in [0, 0.05) is 25.3 Å². The van der Waals surface area contributed by atoms with Crippen molar-refractivity contribution in [3.8, 4) is 5.75 Å². The van der Waals surface area contributed by atoms with Crippen LogP contribution < -0.4 is 10.1 Å². The standard InChI is InChI=1S/C14H20FNO4/c1-9(17)12-5-4-11(15)8-13(12)20-10(2)14(18)16-6-7-19-3/h4-5,8-10,17H,6-7H2,1-3H3,(H,16,18)/t9-,10?/m1/s1. The van der Waals surface area contributed by atoms with E-state index < -0.39 is 18.0 Å². The van der Waals surface area contributed by atoms with Gasteiger partial charge in [-0.2, -0.15) is 0 Å². The minimum absolute atomic E-state index is 0.161. The highest BCUT2D eigenvalue weighted by Gasteiger charge is 2.18. The van der Waals surface area contributed by atoms with Crippen LogP contribution in [0, 0.1) is 5.82 Å². The van der Waals surface area contributed by atoms with E-state index in [9.17, 15) is 14.3 Å². The Morgan fingerprint density at radius 1 is 1.45 bits per heavy atom. The number of ether oxygens (including phenoxy) is 2. The van der Waals surface area contributed by atoms with E-state index >= 15 is 0 Å². The third-order valence-electron chi connectivity index (χ3n) is 2.70. The number of halogens is 1. The number of nitrogens with one attached hydrogen (secondary N) is 1. The minimum Gasteiger partial charge on any atom is -0.480 e. The lowest BCUT2D eigenvalue weighted by Crippen LogP contribution is -2.38. The molecule has 0 saturated heterocycles. The fraction of sp³-hybridized carbons (Fsp3) is 0.500. The first-order chi connectivity index (χ1) is 9.45. The van der Waals surface area contributed by atoms with E-state index in [4.69, 9.17) is 9.47 Å². The van der Waals surface area contributed by atoms with Crippen molar-refractivity contribution in [2.24, 2.45) is 0 Å². The van der Waals surface area contributed by atoms with Crippen LogP contribution in [0.3, 0.4) is 0 Å². The summed E-state index contributed by atoms with van der Waals surface area (Å²) in [6.45, 7) is 3.87. The molecule has 0 heterocycles. The Kier molecular flexibility index (Phi) is 6.41. The lowest BCUT2D eigenvalue weighted by atomic mass is 10.1. The molecule has 1 rings (SSSR count). The molecule has 0 saturated carbocycles. The molecule has 0 bridgehead atoms. The van der Waals surface area contributed by atoms with E-state index in [1.165, 1.54) is 19.2 Å². The number of benzene rings is 1. The van der Waals surface area contributed by atoms with Crippen molar-refractivity contribution in [3.05, 3.63) is 29.6 Å². The van der Waals surface area contributed by atoms with Crippen molar-refractivity contribution in [2.45, 2.75) is 26.1 Å². The van der Waals surface area contributed by atoms with Crippen LogP contribution in [0.4, 0.5) is 4.39 Å². The predicted octanol–water partition coefficient (Wildman–Crippen LogP) is 1.41. The number of carbonyl (C=O) groups excluding carboxylic acids is 1. The van der Waals surface area contributed by atoms with Crippen LogP contribution in [0.5, 0.6) is 5.75 Å². The highest BCUT2D eigenvalue weighted by molar-refractivity contribution is 5.80. The van der Waals surface area contributed by atoms with Crippen molar-refractivity contribution < 1.29 is 23.8 Å². The maximum Gasteiger partial charge on any atom is 0.260 e. The second kappa shape index (κ2) is 7.81. The van der Waals surface area contributed by atoms with Gasteiger partial charge in [0.05, 0.1) is 12.7 Å². The van der Waals surface area contributed by atoms with Crippen LogP contribution in [0.25, 0.3) is 0 Å². The number of methoxy groups -OCH3 is 1. The molecule has 6 heteroatoms. The minimum atomic E-state index is -0.811. The molecule has 0 aromatic heterocycles. The molecule has 0 radical (unpaired) electrons. The molecule has 0 spiro atoms. The molecule has 1 unspecified atom stereocenters. The van der Waals surface area contributed by atoms with Gasteiger partial charge in [-0.15, -0.1) is 0 Å². The Labute approximate surface area is 117 Å². The zero-order valence-corrected chi connectivity index (χ0v) is 11.9. The number of carbonyl (C=O) groups is 1. The van der Waals surface area contributed by atoms with Crippen molar-refractivity contribution in [1.82, 2.24) is 5.32 Å². The Bertz CT molecular complexity index is 451. The van der Waals surface area contributed by atoms with E-state index in [0.717, 1.165) is 6.07 Å². The van der Waals surface area contributed by atoms with E-state index in [2.05, 4.69) is 5.32 Å². The lowest BCUT2D eigenvalue weighted by molar-refractivity contribution is -0.127. The largest absolute Gasteiger partial charge is 0.480 e. The number of hydrogen-bond donors (Lipinski definition) is 2. The monoisotopic (exact) mass is 285 g/mol. The van der Waals surface area contributed by atoms with Crippen molar-refractivity contribution >= 4 is 5.91 Å². The lowest BCUT2D eigenvalue weighted by Gasteiger charge is -2.18. The molecule has 5 nitrogen and oxygen atoms in total. The Morgan fingerprint density at radius 2 is 2.15 bits per heavy atom. The molecule has 2 atom stereocenters. The fourth-order valence-corrected chi connectivity index (χ4v) is 1.62. The molecule has 0 aliphatic heterocycles. The van der Waals surface area contributed by atoms with Gasteiger partial charge < -0.3 is 19.9 Å². The molecule has 0 fully saturated rings. The first kappa shape index (κ1) is 16.4. The number of hydrogen-bond acceptors (Lipinski definition) is 4. The van der Waals surface area contributed by atoms with Gasteiger partial charge in [0.2, 0.25) is 0 Å². The van der Waals surface area contributed by atoms with Crippen LogP contribution in [0.2, 0.25) is 0 Å². The van der Waals surface area contributed by atoms with E-state index in [0.29, 0.717) is 18.7 Å². The van der Waals surface area contributed by atoms with Crippen LogP contribution in [0.15, 0.2) is 18.2 Å². The highest BCUT2D eigenvalue weighted by Crippen LogP contribution is 2.26. The third-order valence-corrected chi connectivity index (χ3v) is 2.70. The summed E-state index contributed by atoms with van der Waals surface area (Å²) < 4.78 is 23.5. The van der Waals surface area contributed by atoms with E-state index in [-0.39, 0.29) is 11.7 Å². The highest BCUT2D eigenvalue weighted by atomic mass is 19.1.